The zero-order valence-electron chi connectivity index (χ0n) is 10.2. The molecule has 0 amide bonds. The van der Waals surface area contributed by atoms with Crippen LogP contribution in [-0.2, 0) is 0 Å². The van der Waals surface area contributed by atoms with Gasteiger partial charge >= 0.3 is 0 Å². The van der Waals surface area contributed by atoms with Crippen LogP contribution < -0.4 is 5.73 Å². The van der Waals surface area contributed by atoms with Crippen molar-refractivity contribution in [2.24, 2.45) is 5.73 Å². The second-order valence-corrected chi connectivity index (χ2v) is 4.76. The number of benzene rings is 1. The maximum absolute atomic E-state index is 12.0. The van der Waals surface area contributed by atoms with Gasteiger partial charge in [-0.3, -0.25) is 9.69 Å². The lowest BCUT2D eigenvalue weighted by Gasteiger charge is -2.30. The van der Waals surface area contributed by atoms with Crippen molar-refractivity contribution in [3.63, 3.8) is 0 Å². The minimum absolute atomic E-state index is 0.0518. The Kier molecular flexibility index (Phi) is 3.84. The van der Waals surface area contributed by atoms with Gasteiger partial charge in [0.1, 0.15) is 11.5 Å². The SMILES string of the molecule is NC1CCCN(CC(=O)c2ccc(O)cc2O)C1. The van der Waals surface area contributed by atoms with Crippen LogP contribution in [0.1, 0.15) is 23.2 Å². The third-order valence-corrected chi connectivity index (χ3v) is 3.19. The highest BCUT2D eigenvalue weighted by Crippen LogP contribution is 2.23. The minimum atomic E-state index is -0.179. The molecule has 1 saturated heterocycles. The molecule has 2 rings (SSSR count). The van der Waals surface area contributed by atoms with Gasteiger partial charge in [-0.1, -0.05) is 0 Å². The normalized spacial score (nSPS) is 20.8. The Morgan fingerprint density at radius 3 is 2.89 bits per heavy atom. The van der Waals surface area contributed by atoms with Crippen LogP contribution in [0.5, 0.6) is 11.5 Å². The van der Waals surface area contributed by atoms with Crippen LogP contribution >= 0.6 is 0 Å². The van der Waals surface area contributed by atoms with Crippen molar-refractivity contribution in [1.82, 2.24) is 4.90 Å². The number of hydrogen-bond donors (Lipinski definition) is 3. The molecule has 1 unspecified atom stereocenters. The van der Waals surface area contributed by atoms with E-state index in [1.807, 2.05) is 4.90 Å². The van der Waals surface area contributed by atoms with Crippen molar-refractivity contribution < 1.29 is 15.0 Å². The van der Waals surface area contributed by atoms with E-state index in [1.54, 1.807) is 0 Å². The van der Waals surface area contributed by atoms with Gasteiger partial charge in [-0.05, 0) is 31.5 Å². The smallest absolute Gasteiger partial charge is 0.180 e. The first-order chi connectivity index (χ1) is 8.56. The molecule has 1 aliphatic rings. The van der Waals surface area contributed by atoms with Crippen molar-refractivity contribution in [1.29, 1.82) is 0 Å². The van der Waals surface area contributed by atoms with Crippen LogP contribution in [0.3, 0.4) is 0 Å². The fourth-order valence-electron chi connectivity index (χ4n) is 2.28. The summed E-state index contributed by atoms with van der Waals surface area (Å²) >= 11 is 0. The van der Waals surface area contributed by atoms with E-state index in [1.165, 1.54) is 18.2 Å². The Balaban J connectivity index is 2.03. The number of Topliss-reactive ketones (excluding diaryl/α,β-unsaturated/α-hetero) is 1. The number of carbonyl (C=O) groups is 1. The molecule has 0 saturated carbocycles. The molecule has 1 heterocycles. The van der Waals surface area contributed by atoms with Gasteiger partial charge in [0.2, 0.25) is 0 Å². The van der Waals surface area contributed by atoms with E-state index in [0.717, 1.165) is 19.4 Å². The number of rotatable bonds is 3. The molecule has 18 heavy (non-hydrogen) atoms. The van der Waals surface area contributed by atoms with Gasteiger partial charge in [0.25, 0.3) is 0 Å². The summed E-state index contributed by atoms with van der Waals surface area (Å²) in [6.45, 7) is 1.83. The third kappa shape index (κ3) is 3.00. The largest absolute Gasteiger partial charge is 0.508 e. The van der Waals surface area contributed by atoms with Gasteiger partial charge in [0, 0.05) is 18.7 Å². The monoisotopic (exact) mass is 250 g/mol. The maximum atomic E-state index is 12.0. The second kappa shape index (κ2) is 5.37. The Hall–Kier alpha value is -1.59. The molecular formula is C13H18N2O3. The molecule has 0 spiro atoms. The van der Waals surface area contributed by atoms with Crippen molar-refractivity contribution in [2.45, 2.75) is 18.9 Å². The predicted molar refractivity (Wildman–Crippen MR) is 67.8 cm³/mol. The van der Waals surface area contributed by atoms with Crippen LogP contribution in [0.25, 0.3) is 0 Å². The third-order valence-electron chi connectivity index (χ3n) is 3.19. The van der Waals surface area contributed by atoms with Gasteiger partial charge in [-0.2, -0.15) is 0 Å². The highest BCUT2D eigenvalue weighted by atomic mass is 16.3. The number of hydrogen-bond acceptors (Lipinski definition) is 5. The van der Waals surface area contributed by atoms with E-state index in [4.69, 9.17) is 5.73 Å². The molecule has 5 heteroatoms. The zero-order chi connectivity index (χ0) is 13.1. The summed E-state index contributed by atoms with van der Waals surface area (Å²) in [4.78, 5) is 14.0. The van der Waals surface area contributed by atoms with Crippen LogP contribution in [0.4, 0.5) is 0 Å². The number of nitrogens with zero attached hydrogens (tertiary/aromatic N) is 1. The minimum Gasteiger partial charge on any atom is -0.508 e. The number of likely N-dealkylation sites (tertiary alicyclic amines) is 1. The number of nitrogens with two attached hydrogens (primary N) is 1. The van der Waals surface area contributed by atoms with Gasteiger partial charge < -0.3 is 15.9 Å². The highest BCUT2D eigenvalue weighted by Gasteiger charge is 2.20. The molecule has 0 aliphatic carbocycles. The molecule has 1 atom stereocenters. The summed E-state index contributed by atoms with van der Waals surface area (Å²) in [6.07, 6.45) is 1.99. The Morgan fingerprint density at radius 2 is 2.22 bits per heavy atom. The summed E-state index contributed by atoms with van der Waals surface area (Å²) in [5, 5.41) is 18.8. The van der Waals surface area contributed by atoms with Crippen LogP contribution in [0, 0.1) is 0 Å². The fraction of sp³-hybridized carbons (Fsp3) is 0.462. The Bertz CT molecular complexity index is 448. The molecular weight excluding hydrogens is 232 g/mol. The fourth-order valence-corrected chi connectivity index (χ4v) is 2.28. The average Bonchev–Trinajstić information content (AvgIpc) is 2.28. The highest BCUT2D eigenvalue weighted by molar-refractivity contribution is 6.00. The van der Waals surface area contributed by atoms with Crippen molar-refractivity contribution in [3.8, 4) is 11.5 Å². The number of ketones is 1. The first kappa shape index (κ1) is 12.9. The average molecular weight is 250 g/mol. The molecule has 1 fully saturated rings. The lowest BCUT2D eigenvalue weighted by molar-refractivity contribution is 0.0905. The van der Waals surface area contributed by atoms with E-state index >= 15 is 0 Å². The summed E-state index contributed by atoms with van der Waals surface area (Å²) < 4.78 is 0. The molecule has 1 aromatic rings. The molecule has 0 aromatic heterocycles. The molecule has 1 aliphatic heterocycles. The molecule has 98 valence electrons. The Morgan fingerprint density at radius 1 is 1.44 bits per heavy atom. The van der Waals surface area contributed by atoms with Gasteiger partial charge in [0.15, 0.2) is 5.78 Å². The van der Waals surface area contributed by atoms with E-state index in [-0.39, 0.29) is 35.4 Å². The van der Waals surface area contributed by atoms with E-state index in [0.29, 0.717) is 6.54 Å². The van der Waals surface area contributed by atoms with Gasteiger partial charge in [0.05, 0.1) is 12.1 Å². The van der Waals surface area contributed by atoms with Gasteiger partial charge in [-0.15, -0.1) is 0 Å². The molecule has 5 nitrogen and oxygen atoms in total. The number of carbonyl (C=O) groups excluding carboxylic acids is 1. The van der Waals surface area contributed by atoms with Crippen molar-refractivity contribution in [2.75, 3.05) is 19.6 Å². The number of phenols is 2. The zero-order valence-corrected chi connectivity index (χ0v) is 10.2. The summed E-state index contributed by atoms with van der Waals surface area (Å²) in [5.41, 5.74) is 6.10. The standard InChI is InChI=1S/C13H18N2O3/c14-9-2-1-5-15(7-9)8-13(18)11-4-3-10(16)6-12(11)17/h3-4,6,9,16-17H,1-2,5,7-8,14H2. The van der Waals surface area contributed by atoms with Crippen molar-refractivity contribution >= 4 is 5.78 Å². The van der Waals surface area contributed by atoms with Crippen LogP contribution in [0.2, 0.25) is 0 Å². The summed E-state index contributed by atoms with van der Waals surface area (Å²) in [7, 11) is 0. The van der Waals surface area contributed by atoms with Crippen LogP contribution in [0.15, 0.2) is 18.2 Å². The van der Waals surface area contributed by atoms with E-state index < -0.39 is 0 Å². The predicted octanol–water partition coefficient (Wildman–Crippen LogP) is 0.704. The lowest BCUT2D eigenvalue weighted by Crippen LogP contribution is -2.44. The van der Waals surface area contributed by atoms with E-state index in [9.17, 15) is 15.0 Å². The summed E-state index contributed by atoms with van der Waals surface area (Å²) in [6, 6.07) is 4.14. The van der Waals surface area contributed by atoms with Gasteiger partial charge in [-0.25, -0.2) is 0 Å². The lowest BCUT2D eigenvalue weighted by atomic mass is 10.0. The quantitative estimate of drug-likeness (QED) is 0.687. The molecule has 1 aromatic carbocycles. The first-order valence-electron chi connectivity index (χ1n) is 6.09. The maximum Gasteiger partial charge on any atom is 0.180 e. The second-order valence-electron chi connectivity index (χ2n) is 4.76. The topological polar surface area (TPSA) is 86.8 Å². The molecule has 0 bridgehead atoms. The first-order valence-corrected chi connectivity index (χ1v) is 6.09. The molecule has 0 radical (unpaired) electrons. The molecule has 4 N–H and O–H groups in total. The Labute approximate surface area is 106 Å². The van der Waals surface area contributed by atoms with E-state index in [2.05, 4.69) is 0 Å². The number of aromatic hydroxyl groups is 2. The van der Waals surface area contributed by atoms with Crippen LogP contribution in [-0.4, -0.2) is 46.6 Å². The number of phenolic OH excluding ortho intramolecular Hbond substituents is 2. The van der Waals surface area contributed by atoms with Crippen molar-refractivity contribution in [3.05, 3.63) is 23.8 Å². The summed E-state index contributed by atoms with van der Waals surface area (Å²) in [5.74, 6) is -0.382. The number of piperidine rings is 1.